The number of hydrogen-bond donors (Lipinski definition) is 2. The smallest absolute Gasteiger partial charge is 0.255 e. The zero-order chi connectivity index (χ0) is 15.9. The molecule has 22 heavy (non-hydrogen) atoms. The fourth-order valence-electron chi connectivity index (χ4n) is 1.88. The lowest BCUT2D eigenvalue weighted by Crippen LogP contribution is -2.24. The molecule has 2 aromatic rings. The Hall–Kier alpha value is -2.69. The van der Waals surface area contributed by atoms with Gasteiger partial charge in [-0.05, 0) is 48.9 Å². The normalized spacial score (nSPS) is 10.1. The largest absolute Gasteiger partial charge is 0.352 e. The van der Waals surface area contributed by atoms with Gasteiger partial charge in [0.05, 0.1) is 0 Å². The minimum absolute atomic E-state index is 0.210. The van der Waals surface area contributed by atoms with Gasteiger partial charge in [-0.25, -0.2) is 4.39 Å². The Morgan fingerprint density at radius 2 is 1.64 bits per heavy atom. The summed E-state index contributed by atoms with van der Waals surface area (Å²) in [7, 11) is 0. The predicted octanol–water partition coefficient (Wildman–Crippen LogP) is 3.22. The summed E-state index contributed by atoms with van der Waals surface area (Å²) >= 11 is 0. The summed E-state index contributed by atoms with van der Waals surface area (Å²) in [6, 6.07) is 11.9. The predicted molar refractivity (Wildman–Crippen MR) is 83.4 cm³/mol. The summed E-state index contributed by atoms with van der Waals surface area (Å²) in [6.07, 6.45) is 0.844. The van der Waals surface area contributed by atoms with Gasteiger partial charge < -0.3 is 10.6 Å². The van der Waals surface area contributed by atoms with Crippen molar-refractivity contribution in [3.63, 3.8) is 0 Å². The monoisotopic (exact) mass is 300 g/mol. The van der Waals surface area contributed by atoms with Gasteiger partial charge >= 0.3 is 0 Å². The van der Waals surface area contributed by atoms with Crippen LogP contribution >= 0.6 is 0 Å². The molecule has 0 radical (unpaired) electrons. The first-order chi connectivity index (χ1) is 10.6. The molecular formula is C17H17FN2O2. The molecule has 0 atom stereocenters. The summed E-state index contributed by atoms with van der Waals surface area (Å²) in [4.78, 5) is 24.0. The molecule has 0 fully saturated rings. The first-order valence-corrected chi connectivity index (χ1v) is 7.05. The first-order valence-electron chi connectivity index (χ1n) is 7.05. The summed E-state index contributed by atoms with van der Waals surface area (Å²) in [5.41, 5.74) is 1.29. The average molecular weight is 300 g/mol. The lowest BCUT2D eigenvalue weighted by Gasteiger charge is -2.07. The van der Waals surface area contributed by atoms with Gasteiger partial charge in [0.15, 0.2) is 0 Å². The molecule has 2 amide bonds. The minimum atomic E-state index is -0.368. The number of halogens is 1. The molecular weight excluding hydrogens is 283 g/mol. The van der Waals surface area contributed by atoms with Crippen LogP contribution in [-0.2, 0) is 0 Å². The van der Waals surface area contributed by atoms with Crippen LogP contribution in [-0.4, -0.2) is 18.4 Å². The van der Waals surface area contributed by atoms with Crippen LogP contribution in [0, 0.1) is 5.82 Å². The maximum Gasteiger partial charge on any atom is 0.255 e. The van der Waals surface area contributed by atoms with Crippen molar-refractivity contribution < 1.29 is 14.0 Å². The molecule has 0 aliphatic heterocycles. The highest BCUT2D eigenvalue weighted by molar-refractivity contribution is 6.06. The molecule has 5 heteroatoms. The highest BCUT2D eigenvalue weighted by Gasteiger charge is 2.10. The first kappa shape index (κ1) is 15.7. The van der Waals surface area contributed by atoms with Crippen LogP contribution in [0.15, 0.2) is 48.5 Å². The Labute approximate surface area is 128 Å². The van der Waals surface area contributed by atoms with Crippen LogP contribution in [0.2, 0.25) is 0 Å². The number of nitrogens with one attached hydrogen (secondary N) is 2. The average Bonchev–Trinajstić information content (AvgIpc) is 2.54. The van der Waals surface area contributed by atoms with Gasteiger partial charge in [-0.3, -0.25) is 9.59 Å². The SMILES string of the molecule is CCCNC(=O)c1cccc(C(=O)Nc2ccc(F)cc2)c1. The molecule has 0 aromatic heterocycles. The van der Waals surface area contributed by atoms with Gasteiger partial charge in [-0.2, -0.15) is 0 Å². The molecule has 2 aromatic carbocycles. The van der Waals surface area contributed by atoms with Crippen LogP contribution in [0.4, 0.5) is 10.1 Å². The van der Waals surface area contributed by atoms with Gasteiger partial charge in [0, 0.05) is 23.4 Å². The van der Waals surface area contributed by atoms with Crippen LogP contribution in [0.5, 0.6) is 0 Å². The van der Waals surface area contributed by atoms with Gasteiger partial charge in [0.25, 0.3) is 11.8 Å². The maximum absolute atomic E-state index is 12.8. The Kier molecular flexibility index (Phi) is 5.25. The molecule has 0 unspecified atom stereocenters. The van der Waals surface area contributed by atoms with E-state index in [0.29, 0.717) is 23.4 Å². The number of carbonyl (C=O) groups is 2. The van der Waals surface area contributed by atoms with E-state index in [4.69, 9.17) is 0 Å². The molecule has 0 saturated carbocycles. The van der Waals surface area contributed by atoms with Crippen molar-refractivity contribution in [2.24, 2.45) is 0 Å². The number of benzene rings is 2. The van der Waals surface area contributed by atoms with Crippen molar-refractivity contribution in [3.05, 3.63) is 65.5 Å². The van der Waals surface area contributed by atoms with Crippen molar-refractivity contribution in [1.29, 1.82) is 0 Å². The van der Waals surface area contributed by atoms with Crippen molar-refractivity contribution in [3.8, 4) is 0 Å². The Bertz CT molecular complexity index is 669. The van der Waals surface area contributed by atoms with Gasteiger partial charge in [0.1, 0.15) is 5.82 Å². The zero-order valence-electron chi connectivity index (χ0n) is 12.2. The van der Waals surface area contributed by atoms with Crippen LogP contribution < -0.4 is 10.6 Å². The molecule has 2 rings (SSSR count). The minimum Gasteiger partial charge on any atom is -0.352 e. The van der Waals surface area contributed by atoms with Crippen molar-refractivity contribution in [2.75, 3.05) is 11.9 Å². The highest BCUT2D eigenvalue weighted by Crippen LogP contribution is 2.12. The second kappa shape index (κ2) is 7.36. The summed E-state index contributed by atoms with van der Waals surface area (Å²) in [6.45, 7) is 2.55. The van der Waals surface area contributed by atoms with Gasteiger partial charge in [-0.15, -0.1) is 0 Å². The van der Waals surface area contributed by atoms with E-state index in [-0.39, 0.29) is 17.6 Å². The third-order valence-corrected chi connectivity index (χ3v) is 3.02. The standard InChI is InChI=1S/C17H17FN2O2/c1-2-10-19-16(21)12-4-3-5-13(11-12)17(22)20-15-8-6-14(18)7-9-15/h3-9,11H,2,10H2,1H3,(H,19,21)(H,20,22). The molecule has 2 N–H and O–H groups in total. The maximum atomic E-state index is 12.8. The van der Waals surface area contributed by atoms with E-state index in [0.717, 1.165) is 6.42 Å². The lowest BCUT2D eigenvalue weighted by molar-refractivity contribution is 0.0953. The van der Waals surface area contributed by atoms with E-state index >= 15 is 0 Å². The third-order valence-electron chi connectivity index (χ3n) is 3.02. The van der Waals surface area contributed by atoms with Gasteiger partial charge in [0.2, 0.25) is 0 Å². The molecule has 0 aliphatic rings. The number of anilines is 1. The molecule has 0 aliphatic carbocycles. The van der Waals surface area contributed by atoms with E-state index < -0.39 is 0 Å². The highest BCUT2D eigenvalue weighted by atomic mass is 19.1. The summed E-state index contributed by atoms with van der Waals surface area (Å²) in [5, 5.41) is 5.42. The number of rotatable bonds is 5. The molecule has 114 valence electrons. The fraction of sp³-hybridized carbons (Fsp3) is 0.176. The Morgan fingerprint density at radius 1 is 1.00 bits per heavy atom. The summed E-state index contributed by atoms with van der Waals surface area (Å²) < 4.78 is 12.8. The summed E-state index contributed by atoms with van der Waals surface area (Å²) in [5.74, 6) is -0.928. The molecule has 4 nitrogen and oxygen atoms in total. The number of carbonyl (C=O) groups excluding carboxylic acids is 2. The number of amides is 2. The van der Waals surface area contributed by atoms with Crippen molar-refractivity contribution >= 4 is 17.5 Å². The topological polar surface area (TPSA) is 58.2 Å². The Balaban J connectivity index is 2.09. The van der Waals surface area contributed by atoms with Crippen molar-refractivity contribution in [1.82, 2.24) is 5.32 Å². The zero-order valence-corrected chi connectivity index (χ0v) is 12.2. The van der Waals surface area contributed by atoms with Crippen molar-refractivity contribution in [2.45, 2.75) is 13.3 Å². The molecule has 0 saturated heterocycles. The quantitative estimate of drug-likeness (QED) is 0.890. The molecule has 0 bridgehead atoms. The van der Waals surface area contributed by atoms with E-state index in [1.807, 2.05) is 6.92 Å². The lowest BCUT2D eigenvalue weighted by atomic mass is 10.1. The Morgan fingerprint density at radius 3 is 2.27 bits per heavy atom. The second-order valence-electron chi connectivity index (χ2n) is 4.80. The van der Waals surface area contributed by atoms with E-state index in [1.165, 1.54) is 30.3 Å². The van der Waals surface area contributed by atoms with Crippen LogP contribution in [0.1, 0.15) is 34.1 Å². The van der Waals surface area contributed by atoms with Crippen LogP contribution in [0.25, 0.3) is 0 Å². The van der Waals surface area contributed by atoms with Crippen LogP contribution in [0.3, 0.4) is 0 Å². The number of hydrogen-bond acceptors (Lipinski definition) is 2. The molecule has 0 heterocycles. The van der Waals surface area contributed by atoms with E-state index in [9.17, 15) is 14.0 Å². The van der Waals surface area contributed by atoms with Gasteiger partial charge in [-0.1, -0.05) is 13.0 Å². The third kappa shape index (κ3) is 4.15. The molecule has 0 spiro atoms. The second-order valence-corrected chi connectivity index (χ2v) is 4.80. The van der Waals surface area contributed by atoms with E-state index in [1.54, 1.807) is 18.2 Å². The fourth-order valence-corrected chi connectivity index (χ4v) is 1.88. The van der Waals surface area contributed by atoms with E-state index in [2.05, 4.69) is 10.6 Å².